The first-order valence-corrected chi connectivity index (χ1v) is 10.9. The predicted molar refractivity (Wildman–Crippen MR) is 117 cm³/mol. The Labute approximate surface area is 178 Å². The van der Waals surface area contributed by atoms with E-state index in [4.69, 9.17) is 5.11 Å². The number of pyridine rings is 1. The van der Waals surface area contributed by atoms with E-state index in [-0.39, 0.29) is 17.9 Å². The molecule has 162 valence electrons. The number of aromatic amines is 2. The number of aromatic nitrogens is 2. The Hall–Kier alpha value is -3.13. The van der Waals surface area contributed by atoms with E-state index >= 15 is 0 Å². The minimum atomic E-state index is -0.889. The fourth-order valence-corrected chi connectivity index (χ4v) is 4.67. The van der Waals surface area contributed by atoms with Crippen molar-refractivity contribution in [2.24, 2.45) is 0 Å². The molecule has 1 aliphatic carbocycles. The van der Waals surface area contributed by atoms with E-state index in [1.165, 1.54) is 0 Å². The highest BCUT2D eigenvalue weighted by atomic mass is 16.4. The molecule has 2 aromatic heterocycles. The average molecular weight is 422 g/mol. The molecule has 2 fully saturated rings. The van der Waals surface area contributed by atoms with Gasteiger partial charge in [-0.15, -0.1) is 0 Å². The van der Waals surface area contributed by atoms with E-state index in [9.17, 15) is 14.4 Å². The maximum absolute atomic E-state index is 13.4. The van der Waals surface area contributed by atoms with Crippen molar-refractivity contribution in [3.05, 3.63) is 45.9 Å². The second kappa shape index (κ2) is 7.85. The number of aliphatic carboxylic acids is 1. The number of nitrogens with zero attached hydrogens (tertiary/aromatic N) is 1. The maximum Gasteiger partial charge on any atom is 0.303 e. The van der Waals surface area contributed by atoms with Crippen LogP contribution in [0.25, 0.3) is 21.8 Å². The Bertz CT molecular complexity index is 1220. The third-order valence-corrected chi connectivity index (χ3v) is 6.41. The SMILES string of the molecule is O=C(O)CCc1c[nH]c2c(=O)[nH]c3ccc(C(=O)N(CC4CCCN4)C4CC4)cc3c12. The van der Waals surface area contributed by atoms with Gasteiger partial charge in [-0.05, 0) is 62.4 Å². The van der Waals surface area contributed by atoms with Crippen molar-refractivity contribution in [3.8, 4) is 0 Å². The molecule has 0 spiro atoms. The number of rotatable bonds is 7. The normalized spacial score (nSPS) is 18.6. The number of amides is 1. The summed E-state index contributed by atoms with van der Waals surface area (Å²) >= 11 is 0. The Balaban J connectivity index is 1.54. The highest BCUT2D eigenvalue weighted by Crippen LogP contribution is 2.31. The van der Waals surface area contributed by atoms with Crippen molar-refractivity contribution in [1.82, 2.24) is 20.2 Å². The van der Waals surface area contributed by atoms with Crippen molar-refractivity contribution in [1.29, 1.82) is 0 Å². The molecule has 3 heterocycles. The summed E-state index contributed by atoms with van der Waals surface area (Å²) in [6, 6.07) is 6.04. The first kappa shape index (κ1) is 19.8. The predicted octanol–water partition coefficient (Wildman–Crippen LogP) is 2.38. The van der Waals surface area contributed by atoms with Crippen LogP contribution in [-0.4, -0.2) is 57.0 Å². The molecule has 1 unspecified atom stereocenters. The summed E-state index contributed by atoms with van der Waals surface area (Å²) in [5.74, 6) is -0.875. The average Bonchev–Trinajstić information content (AvgIpc) is 3.28. The second-order valence-corrected chi connectivity index (χ2v) is 8.65. The van der Waals surface area contributed by atoms with Crippen LogP contribution in [0.4, 0.5) is 0 Å². The van der Waals surface area contributed by atoms with E-state index in [0.717, 1.165) is 49.7 Å². The highest BCUT2D eigenvalue weighted by molar-refractivity contribution is 6.09. The van der Waals surface area contributed by atoms with Crippen LogP contribution in [0.5, 0.6) is 0 Å². The molecule has 1 amide bonds. The number of H-pyrrole nitrogens is 2. The van der Waals surface area contributed by atoms with Gasteiger partial charge in [0, 0.05) is 53.1 Å². The lowest BCUT2D eigenvalue weighted by atomic mass is 10.0. The largest absolute Gasteiger partial charge is 0.481 e. The number of carboxylic acid groups (broad SMARTS) is 1. The van der Waals surface area contributed by atoms with E-state index in [1.807, 2.05) is 11.0 Å². The van der Waals surface area contributed by atoms with Gasteiger partial charge in [0.1, 0.15) is 5.52 Å². The molecule has 8 heteroatoms. The third kappa shape index (κ3) is 3.83. The van der Waals surface area contributed by atoms with E-state index in [1.54, 1.807) is 18.3 Å². The van der Waals surface area contributed by atoms with Gasteiger partial charge in [0.15, 0.2) is 0 Å². The van der Waals surface area contributed by atoms with Gasteiger partial charge in [0.2, 0.25) is 0 Å². The molecule has 4 N–H and O–H groups in total. The van der Waals surface area contributed by atoms with Crippen molar-refractivity contribution >= 4 is 33.7 Å². The van der Waals surface area contributed by atoms with E-state index < -0.39 is 5.97 Å². The molecule has 3 aromatic rings. The van der Waals surface area contributed by atoms with Gasteiger partial charge in [-0.2, -0.15) is 0 Å². The lowest BCUT2D eigenvalue weighted by Crippen LogP contribution is -2.42. The zero-order valence-electron chi connectivity index (χ0n) is 17.2. The van der Waals surface area contributed by atoms with Crippen molar-refractivity contribution in [2.45, 2.75) is 50.6 Å². The van der Waals surface area contributed by atoms with Gasteiger partial charge in [-0.3, -0.25) is 14.4 Å². The third-order valence-electron chi connectivity index (χ3n) is 6.41. The Morgan fingerprint density at radius 2 is 2.03 bits per heavy atom. The number of carbonyl (C=O) groups excluding carboxylic acids is 1. The molecule has 5 rings (SSSR count). The first-order valence-electron chi connectivity index (χ1n) is 10.9. The van der Waals surface area contributed by atoms with Crippen LogP contribution in [0.1, 0.15) is 48.0 Å². The van der Waals surface area contributed by atoms with Gasteiger partial charge >= 0.3 is 5.97 Å². The second-order valence-electron chi connectivity index (χ2n) is 8.65. The lowest BCUT2D eigenvalue weighted by molar-refractivity contribution is -0.136. The molecular formula is C23H26N4O4. The van der Waals surface area contributed by atoms with Crippen LogP contribution in [-0.2, 0) is 11.2 Å². The summed E-state index contributed by atoms with van der Waals surface area (Å²) in [5, 5.41) is 14.0. The molecule has 0 bridgehead atoms. The summed E-state index contributed by atoms with van der Waals surface area (Å²) in [6.45, 7) is 1.72. The smallest absolute Gasteiger partial charge is 0.303 e. The van der Waals surface area contributed by atoms with Gasteiger partial charge in [-0.1, -0.05) is 0 Å². The summed E-state index contributed by atoms with van der Waals surface area (Å²) in [7, 11) is 0. The molecule has 8 nitrogen and oxygen atoms in total. The highest BCUT2D eigenvalue weighted by Gasteiger charge is 2.35. The number of hydrogen-bond donors (Lipinski definition) is 4. The van der Waals surface area contributed by atoms with Crippen LogP contribution in [0.3, 0.4) is 0 Å². The molecule has 0 radical (unpaired) electrons. The van der Waals surface area contributed by atoms with Crippen LogP contribution in [0, 0.1) is 0 Å². The number of benzene rings is 1. The monoisotopic (exact) mass is 422 g/mol. The van der Waals surface area contributed by atoms with Crippen molar-refractivity contribution in [3.63, 3.8) is 0 Å². The summed E-state index contributed by atoms with van der Waals surface area (Å²) < 4.78 is 0. The Morgan fingerprint density at radius 3 is 2.74 bits per heavy atom. The number of aryl methyl sites for hydroxylation is 1. The quantitative estimate of drug-likeness (QED) is 0.466. The Morgan fingerprint density at radius 1 is 1.19 bits per heavy atom. The first-order chi connectivity index (χ1) is 15.0. The zero-order chi connectivity index (χ0) is 21.5. The van der Waals surface area contributed by atoms with Crippen LogP contribution in [0.15, 0.2) is 29.2 Å². The number of hydrogen-bond acceptors (Lipinski definition) is 4. The fourth-order valence-electron chi connectivity index (χ4n) is 4.67. The minimum absolute atomic E-state index is 0.0140. The summed E-state index contributed by atoms with van der Waals surface area (Å²) in [6.07, 6.45) is 6.30. The number of nitrogens with one attached hydrogen (secondary N) is 3. The molecule has 1 aromatic carbocycles. The molecule has 31 heavy (non-hydrogen) atoms. The number of fused-ring (bicyclic) bond motifs is 3. The van der Waals surface area contributed by atoms with E-state index in [0.29, 0.717) is 40.5 Å². The van der Waals surface area contributed by atoms with Gasteiger partial charge in [-0.25, -0.2) is 0 Å². The van der Waals surface area contributed by atoms with Crippen LogP contribution < -0.4 is 10.9 Å². The fraction of sp³-hybridized carbons (Fsp3) is 0.435. The molecule has 1 saturated carbocycles. The summed E-state index contributed by atoms with van der Waals surface area (Å²) in [4.78, 5) is 44.8. The molecule has 1 aliphatic heterocycles. The topological polar surface area (TPSA) is 118 Å². The number of carboxylic acids is 1. The van der Waals surface area contributed by atoms with Gasteiger partial charge in [0.25, 0.3) is 11.5 Å². The molecule has 1 saturated heterocycles. The van der Waals surface area contributed by atoms with Crippen LogP contribution >= 0.6 is 0 Å². The van der Waals surface area contributed by atoms with Crippen LogP contribution in [0.2, 0.25) is 0 Å². The standard InChI is InChI=1S/C23H26N4O4/c28-19(29)8-4-14-11-25-21-20(14)17-10-13(3-7-18(17)26-22(21)30)23(31)27(16-5-6-16)12-15-2-1-9-24-15/h3,7,10-11,15-16,24-25H,1-2,4-6,8-9,12H2,(H,26,30)(H,28,29). The maximum atomic E-state index is 13.4. The van der Waals surface area contributed by atoms with E-state index in [2.05, 4.69) is 15.3 Å². The molecule has 2 aliphatic rings. The molecule has 1 atom stereocenters. The lowest BCUT2D eigenvalue weighted by Gasteiger charge is -2.26. The zero-order valence-corrected chi connectivity index (χ0v) is 17.2. The van der Waals surface area contributed by atoms with Gasteiger partial charge in [0.05, 0.1) is 0 Å². The van der Waals surface area contributed by atoms with Crippen molar-refractivity contribution < 1.29 is 14.7 Å². The molecular weight excluding hydrogens is 396 g/mol. The van der Waals surface area contributed by atoms with Gasteiger partial charge < -0.3 is 25.3 Å². The minimum Gasteiger partial charge on any atom is -0.481 e. The number of carbonyl (C=O) groups is 2. The van der Waals surface area contributed by atoms with Crippen molar-refractivity contribution in [2.75, 3.05) is 13.1 Å². The Kier molecular flexibility index (Phi) is 5.02. The summed E-state index contributed by atoms with van der Waals surface area (Å²) in [5.41, 5.74) is 2.16.